The van der Waals surface area contributed by atoms with Crippen LogP contribution < -0.4 is 5.32 Å². The number of nitrogens with one attached hydrogen (secondary N) is 1. The molecule has 0 amide bonds. The number of hydrogen-bond acceptors (Lipinski definition) is 5. The zero-order chi connectivity index (χ0) is 14.8. The van der Waals surface area contributed by atoms with Gasteiger partial charge in [0.1, 0.15) is 5.82 Å². The van der Waals surface area contributed by atoms with Crippen LogP contribution in [0.4, 0.5) is 5.82 Å². The number of halogens is 1. The summed E-state index contributed by atoms with van der Waals surface area (Å²) in [4.78, 5) is 13.8. The molecule has 3 heterocycles. The summed E-state index contributed by atoms with van der Waals surface area (Å²) in [6, 6.07) is 4.14. The van der Waals surface area contributed by atoms with E-state index in [0.717, 1.165) is 49.5 Å². The Labute approximate surface area is 141 Å². The largest absolute Gasteiger partial charge is 0.372 e. The third kappa shape index (κ3) is 2.87. The molecule has 4 nitrogen and oxygen atoms in total. The zero-order valence-electron chi connectivity index (χ0n) is 11.9. The van der Waals surface area contributed by atoms with E-state index in [1.54, 1.807) is 11.3 Å². The van der Waals surface area contributed by atoms with Crippen LogP contribution in [0.3, 0.4) is 0 Å². The summed E-state index contributed by atoms with van der Waals surface area (Å²) in [5, 5.41) is 5.21. The van der Waals surface area contributed by atoms with Crippen LogP contribution in [0, 0.1) is 3.57 Å². The van der Waals surface area contributed by atoms with Crippen molar-refractivity contribution in [3.05, 3.63) is 33.0 Å². The van der Waals surface area contributed by atoms with Crippen molar-refractivity contribution in [2.75, 3.05) is 12.4 Å². The number of anilines is 1. The minimum Gasteiger partial charge on any atom is -0.372 e. The van der Waals surface area contributed by atoms with Crippen LogP contribution in [0.1, 0.15) is 19.0 Å². The van der Waals surface area contributed by atoms with Crippen LogP contribution in [-0.4, -0.2) is 22.0 Å². The van der Waals surface area contributed by atoms with Crippen molar-refractivity contribution in [3.63, 3.8) is 0 Å². The average molecular weight is 410 g/mol. The Hall–Kier alpha value is -1.28. The number of nitrogens with zero attached hydrogens (tertiary/aromatic N) is 3. The highest BCUT2D eigenvalue weighted by Gasteiger charge is 2.13. The highest BCUT2D eigenvalue weighted by molar-refractivity contribution is 14.1. The molecule has 3 aromatic heterocycles. The Morgan fingerprint density at radius 2 is 2.19 bits per heavy atom. The second-order valence-corrected chi connectivity index (χ2v) is 6.71. The van der Waals surface area contributed by atoms with E-state index in [-0.39, 0.29) is 0 Å². The molecule has 1 N–H and O–H groups in total. The molecule has 0 atom stereocenters. The van der Waals surface area contributed by atoms with Gasteiger partial charge >= 0.3 is 0 Å². The van der Waals surface area contributed by atoms with Crippen LogP contribution in [0.15, 0.2) is 23.7 Å². The molecular weight excluding hydrogens is 395 g/mol. The lowest BCUT2D eigenvalue weighted by molar-refractivity contribution is 0.868. The van der Waals surface area contributed by atoms with E-state index < -0.39 is 0 Å². The molecule has 0 aliphatic heterocycles. The lowest BCUT2D eigenvalue weighted by Gasteiger charge is -2.10. The van der Waals surface area contributed by atoms with Gasteiger partial charge in [-0.3, -0.25) is 4.98 Å². The minimum absolute atomic E-state index is 0.742. The molecule has 0 aromatic carbocycles. The summed E-state index contributed by atoms with van der Waals surface area (Å²) in [6.07, 6.45) is 3.88. The summed E-state index contributed by atoms with van der Waals surface area (Å²) < 4.78 is 2.27. The lowest BCUT2D eigenvalue weighted by atomic mass is 10.2. The van der Waals surface area contributed by atoms with Gasteiger partial charge in [-0.2, -0.15) is 0 Å². The van der Waals surface area contributed by atoms with Crippen LogP contribution in [0.2, 0.25) is 0 Å². The lowest BCUT2D eigenvalue weighted by Crippen LogP contribution is -2.05. The van der Waals surface area contributed by atoms with E-state index in [0.29, 0.717) is 0 Å². The van der Waals surface area contributed by atoms with E-state index in [9.17, 15) is 0 Å². The van der Waals surface area contributed by atoms with Crippen molar-refractivity contribution < 1.29 is 0 Å². The van der Waals surface area contributed by atoms with Gasteiger partial charge in [-0.1, -0.05) is 13.3 Å². The topological polar surface area (TPSA) is 50.7 Å². The smallest absolute Gasteiger partial charge is 0.163 e. The number of pyridine rings is 1. The highest BCUT2D eigenvalue weighted by atomic mass is 127. The number of thiophene rings is 1. The standard InChI is InChI=1S/C15H15IN4S/c1-3-4-11-13(16)15(17-2)20-14(19-11)9-7-12-10(18-8-9)5-6-21-12/h5-8H,3-4H2,1-2H3,(H,17,19,20). The first-order chi connectivity index (χ1) is 10.2. The Morgan fingerprint density at radius 3 is 2.95 bits per heavy atom. The van der Waals surface area contributed by atoms with E-state index >= 15 is 0 Å². The van der Waals surface area contributed by atoms with E-state index in [1.807, 2.05) is 19.3 Å². The molecule has 0 saturated carbocycles. The normalized spacial score (nSPS) is 11.0. The number of hydrogen-bond donors (Lipinski definition) is 1. The van der Waals surface area contributed by atoms with E-state index in [4.69, 9.17) is 4.98 Å². The predicted molar refractivity (Wildman–Crippen MR) is 96.9 cm³/mol. The van der Waals surface area contributed by atoms with Gasteiger partial charge in [-0.25, -0.2) is 9.97 Å². The highest BCUT2D eigenvalue weighted by Crippen LogP contribution is 2.27. The number of rotatable bonds is 4. The molecule has 3 rings (SSSR count). The van der Waals surface area contributed by atoms with Crippen molar-refractivity contribution in [2.24, 2.45) is 0 Å². The van der Waals surface area contributed by atoms with Gasteiger partial charge in [0.15, 0.2) is 5.82 Å². The maximum Gasteiger partial charge on any atom is 0.163 e. The monoisotopic (exact) mass is 410 g/mol. The fourth-order valence-corrected chi connectivity index (χ4v) is 3.72. The van der Waals surface area contributed by atoms with Crippen LogP contribution in [-0.2, 0) is 6.42 Å². The van der Waals surface area contributed by atoms with Gasteiger partial charge in [0.2, 0.25) is 0 Å². The third-order valence-electron chi connectivity index (χ3n) is 3.20. The summed E-state index contributed by atoms with van der Waals surface area (Å²) in [5.41, 5.74) is 3.09. The second-order valence-electron chi connectivity index (χ2n) is 4.68. The fraction of sp³-hybridized carbons (Fsp3) is 0.267. The molecule has 0 aliphatic rings. The number of aryl methyl sites for hydroxylation is 1. The van der Waals surface area contributed by atoms with E-state index in [1.165, 1.54) is 0 Å². The Kier molecular flexibility index (Phi) is 4.34. The molecule has 6 heteroatoms. The van der Waals surface area contributed by atoms with Gasteiger partial charge in [0.05, 0.1) is 19.5 Å². The van der Waals surface area contributed by atoms with Gasteiger partial charge in [0, 0.05) is 18.8 Å². The van der Waals surface area contributed by atoms with Gasteiger partial charge in [-0.05, 0) is 46.5 Å². The first-order valence-corrected chi connectivity index (χ1v) is 8.76. The summed E-state index contributed by atoms with van der Waals surface area (Å²) in [6.45, 7) is 2.16. The number of fused-ring (bicyclic) bond motifs is 1. The van der Waals surface area contributed by atoms with Gasteiger partial charge in [0.25, 0.3) is 0 Å². The summed E-state index contributed by atoms with van der Waals surface area (Å²) in [5.74, 6) is 1.63. The average Bonchev–Trinajstić information content (AvgIpc) is 2.97. The molecule has 108 valence electrons. The Morgan fingerprint density at radius 1 is 1.33 bits per heavy atom. The van der Waals surface area contributed by atoms with Crippen LogP contribution >= 0.6 is 33.9 Å². The molecular formula is C15H15IN4S. The van der Waals surface area contributed by atoms with Crippen molar-refractivity contribution in [3.8, 4) is 11.4 Å². The summed E-state index contributed by atoms with van der Waals surface area (Å²) in [7, 11) is 1.89. The van der Waals surface area contributed by atoms with Gasteiger partial charge < -0.3 is 5.32 Å². The zero-order valence-corrected chi connectivity index (χ0v) is 14.8. The molecule has 21 heavy (non-hydrogen) atoms. The SMILES string of the molecule is CCCc1nc(-c2cnc3ccsc3c2)nc(NC)c1I. The maximum absolute atomic E-state index is 4.74. The Balaban J connectivity index is 2.13. The molecule has 0 unspecified atom stereocenters. The van der Waals surface area contributed by atoms with Crippen molar-refractivity contribution in [2.45, 2.75) is 19.8 Å². The van der Waals surface area contributed by atoms with Crippen LogP contribution in [0.5, 0.6) is 0 Å². The molecule has 0 fully saturated rings. The molecule has 0 aliphatic carbocycles. The van der Waals surface area contributed by atoms with Crippen LogP contribution in [0.25, 0.3) is 21.6 Å². The molecule has 3 aromatic rings. The maximum atomic E-state index is 4.74. The predicted octanol–water partition coefficient (Wildman–Crippen LogP) is 4.35. The third-order valence-corrected chi connectivity index (χ3v) is 5.19. The second kappa shape index (κ2) is 6.23. The quantitative estimate of drug-likeness (QED) is 0.650. The minimum atomic E-state index is 0.742. The molecule has 0 bridgehead atoms. The Bertz CT molecular complexity index is 784. The first-order valence-electron chi connectivity index (χ1n) is 6.80. The first kappa shape index (κ1) is 14.6. The molecule has 0 spiro atoms. The van der Waals surface area contributed by atoms with E-state index in [2.05, 4.69) is 56.2 Å². The fourth-order valence-electron chi connectivity index (χ4n) is 2.16. The molecule has 0 saturated heterocycles. The number of aromatic nitrogens is 3. The van der Waals surface area contributed by atoms with Crippen molar-refractivity contribution in [1.29, 1.82) is 0 Å². The molecule has 0 radical (unpaired) electrons. The van der Waals surface area contributed by atoms with Crippen molar-refractivity contribution >= 4 is 50.0 Å². The summed E-state index contributed by atoms with van der Waals surface area (Å²) >= 11 is 4.00. The van der Waals surface area contributed by atoms with Gasteiger partial charge in [-0.15, -0.1) is 11.3 Å². The van der Waals surface area contributed by atoms with Crippen molar-refractivity contribution in [1.82, 2.24) is 15.0 Å².